The van der Waals surface area contributed by atoms with Gasteiger partial charge in [-0.3, -0.25) is 14.8 Å². The van der Waals surface area contributed by atoms with Crippen LogP contribution in [-0.4, -0.2) is 33.8 Å². The molecule has 0 fully saturated rings. The van der Waals surface area contributed by atoms with Gasteiger partial charge in [0, 0.05) is 19.3 Å². The first-order chi connectivity index (χ1) is 9.60. The Balaban J connectivity index is 1.98. The third kappa shape index (κ3) is 3.29. The second-order valence-electron chi connectivity index (χ2n) is 3.72. The lowest BCUT2D eigenvalue weighted by Crippen LogP contribution is -2.07. The topological polar surface area (TPSA) is 86.1 Å². The highest BCUT2D eigenvalue weighted by Crippen LogP contribution is 2.18. The number of thiazole rings is 1. The molecule has 104 valence electrons. The Morgan fingerprint density at radius 1 is 1.50 bits per heavy atom. The SMILES string of the molecule is COC(=O)c1cnc(NC(=O)/C=C/c2ccnn2C)s1. The van der Waals surface area contributed by atoms with Gasteiger partial charge >= 0.3 is 5.97 Å². The molecule has 1 N–H and O–H groups in total. The van der Waals surface area contributed by atoms with Gasteiger partial charge in [-0.25, -0.2) is 9.78 Å². The lowest BCUT2D eigenvalue weighted by Gasteiger charge is -1.96. The number of nitrogens with zero attached hydrogens (tertiary/aromatic N) is 3. The Labute approximate surface area is 118 Å². The third-order valence-corrected chi connectivity index (χ3v) is 3.28. The number of carbonyl (C=O) groups excluding carboxylic acids is 2. The van der Waals surface area contributed by atoms with Crippen LogP contribution in [0.4, 0.5) is 5.13 Å². The van der Waals surface area contributed by atoms with E-state index in [1.807, 2.05) is 0 Å². The number of amides is 1. The van der Waals surface area contributed by atoms with Gasteiger partial charge in [-0.1, -0.05) is 11.3 Å². The summed E-state index contributed by atoms with van der Waals surface area (Å²) in [6.45, 7) is 0. The molecule has 0 saturated carbocycles. The molecule has 0 radical (unpaired) electrons. The van der Waals surface area contributed by atoms with Crippen LogP contribution in [0.2, 0.25) is 0 Å². The van der Waals surface area contributed by atoms with Crippen LogP contribution in [0.25, 0.3) is 6.08 Å². The maximum absolute atomic E-state index is 11.7. The van der Waals surface area contributed by atoms with Gasteiger partial charge in [0.2, 0.25) is 5.91 Å². The quantitative estimate of drug-likeness (QED) is 0.678. The first kappa shape index (κ1) is 13.9. The third-order valence-electron chi connectivity index (χ3n) is 2.39. The Bertz CT molecular complexity index is 659. The zero-order chi connectivity index (χ0) is 14.5. The van der Waals surface area contributed by atoms with E-state index in [4.69, 9.17) is 0 Å². The van der Waals surface area contributed by atoms with Crippen LogP contribution in [0.5, 0.6) is 0 Å². The van der Waals surface area contributed by atoms with E-state index in [0.29, 0.717) is 10.0 Å². The summed E-state index contributed by atoms with van der Waals surface area (Å²) in [6.07, 6.45) is 6.01. The monoisotopic (exact) mass is 292 g/mol. The summed E-state index contributed by atoms with van der Waals surface area (Å²) in [4.78, 5) is 27.2. The lowest BCUT2D eigenvalue weighted by atomic mass is 10.3. The van der Waals surface area contributed by atoms with Crippen LogP contribution in [0.15, 0.2) is 24.5 Å². The number of hydrogen-bond donors (Lipinski definition) is 1. The Hall–Kier alpha value is -2.48. The average molecular weight is 292 g/mol. The van der Waals surface area contributed by atoms with Crippen molar-refractivity contribution < 1.29 is 14.3 Å². The summed E-state index contributed by atoms with van der Waals surface area (Å²) >= 11 is 1.05. The van der Waals surface area contributed by atoms with Crippen LogP contribution in [-0.2, 0) is 16.6 Å². The molecule has 0 aliphatic heterocycles. The molecule has 8 heteroatoms. The standard InChI is InChI=1S/C12H12N4O3S/c1-16-8(5-6-14-16)3-4-10(17)15-12-13-7-9(20-12)11(18)19-2/h3-7H,1-2H3,(H,13,15,17)/b4-3+. The highest BCUT2D eigenvalue weighted by Gasteiger charge is 2.11. The van der Waals surface area contributed by atoms with Crippen molar-refractivity contribution in [1.29, 1.82) is 0 Å². The van der Waals surface area contributed by atoms with Gasteiger partial charge in [0.25, 0.3) is 0 Å². The van der Waals surface area contributed by atoms with Gasteiger partial charge in [0.05, 0.1) is 19.0 Å². The van der Waals surface area contributed by atoms with Crippen molar-refractivity contribution in [1.82, 2.24) is 14.8 Å². The van der Waals surface area contributed by atoms with Crippen molar-refractivity contribution in [2.24, 2.45) is 7.05 Å². The van der Waals surface area contributed by atoms with Crippen molar-refractivity contribution in [3.63, 3.8) is 0 Å². The van der Waals surface area contributed by atoms with Gasteiger partial charge in [-0.2, -0.15) is 5.10 Å². The summed E-state index contributed by atoms with van der Waals surface area (Å²) in [6, 6.07) is 1.78. The van der Waals surface area contributed by atoms with Gasteiger partial charge in [0.1, 0.15) is 4.88 Å². The Morgan fingerprint density at radius 3 is 2.95 bits per heavy atom. The Kier molecular flexibility index (Phi) is 4.26. The van der Waals surface area contributed by atoms with Gasteiger partial charge in [0.15, 0.2) is 5.13 Å². The number of carbonyl (C=O) groups is 2. The molecule has 7 nitrogen and oxygen atoms in total. The summed E-state index contributed by atoms with van der Waals surface area (Å²) < 4.78 is 6.20. The molecule has 2 heterocycles. The molecule has 0 unspecified atom stereocenters. The minimum atomic E-state index is -0.478. The molecule has 1 amide bonds. The highest BCUT2D eigenvalue weighted by atomic mass is 32.1. The molecule has 0 aliphatic carbocycles. The van der Waals surface area contributed by atoms with Crippen LogP contribution in [0.1, 0.15) is 15.4 Å². The van der Waals surface area contributed by atoms with Gasteiger partial charge < -0.3 is 4.74 Å². The first-order valence-corrected chi connectivity index (χ1v) is 6.43. The fraction of sp³-hybridized carbons (Fsp3) is 0.167. The zero-order valence-corrected chi connectivity index (χ0v) is 11.7. The fourth-order valence-corrected chi connectivity index (χ4v) is 2.12. The molecular weight excluding hydrogens is 280 g/mol. The number of aromatic nitrogens is 3. The molecule has 0 aliphatic rings. The molecule has 0 bridgehead atoms. The first-order valence-electron chi connectivity index (χ1n) is 5.61. The normalized spacial score (nSPS) is 10.7. The second-order valence-corrected chi connectivity index (χ2v) is 4.75. The smallest absolute Gasteiger partial charge is 0.349 e. The van der Waals surface area contributed by atoms with E-state index in [1.54, 1.807) is 30.1 Å². The summed E-state index contributed by atoms with van der Waals surface area (Å²) in [5.74, 6) is -0.814. The van der Waals surface area contributed by atoms with E-state index in [1.165, 1.54) is 19.4 Å². The van der Waals surface area contributed by atoms with E-state index in [2.05, 4.69) is 20.1 Å². The highest BCUT2D eigenvalue weighted by molar-refractivity contribution is 7.17. The summed E-state index contributed by atoms with van der Waals surface area (Å²) in [5.41, 5.74) is 0.800. The second kappa shape index (κ2) is 6.11. The maximum Gasteiger partial charge on any atom is 0.349 e. The number of rotatable bonds is 4. The molecule has 0 aromatic carbocycles. The summed E-state index contributed by atoms with van der Waals surface area (Å²) in [5, 5.41) is 6.89. The van der Waals surface area contributed by atoms with Crippen LogP contribution < -0.4 is 5.32 Å². The average Bonchev–Trinajstić information content (AvgIpc) is 3.05. The molecule has 2 aromatic rings. The zero-order valence-electron chi connectivity index (χ0n) is 10.9. The van der Waals surface area contributed by atoms with Crippen molar-refractivity contribution in [2.75, 3.05) is 12.4 Å². The number of ether oxygens (including phenoxy) is 1. The largest absolute Gasteiger partial charge is 0.465 e. The molecule has 2 aromatic heterocycles. The fourth-order valence-electron chi connectivity index (χ4n) is 1.38. The van der Waals surface area contributed by atoms with Gasteiger partial charge in [-0.15, -0.1) is 0 Å². The number of nitrogens with one attached hydrogen (secondary N) is 1. The van der Waals surface area contributed by atoms with E-state index >= 15 is 0 Å². The van der Waals surface area contributed by atoms with Crippen LogP contribution in [0.3, 0.4) is 0 Å². The number of esters is 1. The van der Waals surface area contributed by atoms with E-state index in [9.17, 15) is 9.59 Å². The Morgan fingerprint density at radius 2 is 2.30 bits per heavy atom. The lowest BCUT2D eigenvalue weighted by molar-refractivity contribution is -0.111. The maximum atomic E-state index is 11.7. The van der Waals surface area contributed by atoms with E-state index < -0.39 is 5.97 Å². The molecular formula is C12H12N4O3S. The van der Waals surface area contributed by atoms with Crippen LogP contribution >= 0.6 is 11.3 Å². The van der Waals surface area contributed by atoms with E-state index in [0.717, 1.165) is 17.0 Å². The number of aryl methyl sites for hydroxylation is 1. The van der Waals surface area contributed by atoms with Crippen molar-refractivity contribution in [2.45, 2.75) is 0 Å². The number of hydrogen-bond acceptors (Lipinski definition) is 6. The summed E-state index contributed by atoms with van der Waals surface area (Å²) in [7, 11) is 3.07. The predicted octanol–water partition coefficient (Wildman–Crippen LogP) is 1.32. The minimum Gasteiger partial charge on any atom is -0.465 e. The van der Waals surface area contributed by atoms with Crippen molar-refractivity contribution >= 4 is 34.4 Å². The van der Waals surface area contributed by atoms with Crippen LogP contribution in [0, 0.1) is 0 Å². The van der Waals surface area contributed by atoms with Crippen molar-refractivity contribution in [3.05, 3.63) is 35.1 Å². The molecule has 0 atom stereocenters. The molecule has 0 saturated heterocycles. The number of anilines is 1. The van der Waals surface area contributed by atoms with Gasteiger partial charge in [-0.05, 0) is 12.1 Å². The van der Waals surface area contributed by atoms with Crippen molar-refractivity contribution in [3.8, 4) is 0 Å². The minimum absolute atomic E-state index is 0.332. The van der Waals surface area contributed by atoms with E-state index in [-0.39, 0.29) is 5.91 Å². The number of methoxy groups -OCH3 is 1. The molecule has 2 rings (SSSR count). The predicted molar refractivity (Wildman–Crippen MR) is 74.3 cm³/mol. The molecule has 20 heavy (non-hydrogen) atoms. The molecule has 0 spiro atoms.